The summed E-state index contributed by atoms with van der Waals surface area (Å²) in [6.45, 7) is 0.456. The molecule has 0 saturated heterocycles. The lowest BCUT2D eigenvalue weighted by molar-refractivity contribution is -0.122. The lowest BCUT2D eigenvalue weighted by Gasteiger charge is -2.18. The number of ether oxygens (including phenoxy) is 1. The first kappa shape index (κ1) is 18.4. The van der Waals surface area contributed by atoms with E-state index >= 15 is 0 Å². The van der Waals surface area contributed by atoms with Crippen LogP contribution in [0.15, 0.2) is 47.3 Å². The summed E-state index contributed by atoms with van der Waals surface area (Å²) in [6.07, 6.45) is 6.81. The molecule has 0 aliphatic heterocycles. The molecule has 0 spiro atoms. The molecule has 0 radical (unpaired) electrons. The summed E-state index contributed by atoms with van der Waals surface area (Å²) in [7, 11) is 1.44. The van der Waals surface area contributed by atoms with Gasteiger partial charge in [0.2, 0.25) is 5.91 Å². The molecule has 2 aromatic rings. The zero-order chi connectivity index (χ0) is 19.7. The van der Waals surface area contributed by atoms with Crippen molar-refractivity contribution >= 4 is 5.91 Å². The lowest BCUT2D eigenvalue weighted by atomic mass is 9.94. The molecule has 4 rings (SSSR count). The third kappa shape index (κ3) is 3.69. The van der Waals surface area contributed by atoms with Gasteiger partial charge in [0, 0.05) is 24.2 Å². The molecule has 1 amide bonds. The van der Waals surface area contributed by atoms with Crippen molar-refractivity contribution in [1.82, 2.24) is 15.1 Å². The number of rotatable bonds is 6. The number of aromatic nitrogens is 2. The van der Waals surface area contributed by atoms with Crippen LogP contribution in [0.5, 0.6) is 5.75 Å². The molecular weight excluding hydrogens is 361 g/mol. The van der Waals surface area contributed by atoms with Crippen LogP contribution in [0.25, 0.3) is 11.3 Å². The van der Waals surface area contributed by atoms with E-state index in [-0.39, 0.29) is 18.0 Å². The highest BCUT2D eigenvalue weighted by Crippen LogP contribution is 2.42. The Balaban J connectivity index is 1.46. The van der Waals surface area contributed by atoms with Gasteiger partial charge in [0.15, 0.2) is 0 Å². The second-order valence-corrected chi connectivity index (χ2v) is 7.40. The molecular formula is C21H22FN3O3. The van der Waals surface area contributed by atoms with E-state index in [1.54, 1.807) is 0 Å². The molecule has 146 valence electrons. The molecule has 1 saturated carbocycles. The van der Waals surface area contributed by atoms with Gasteiger partial charge in [-0.2, -0.15) is 5.10 Å². The lowest BCUT2D eigenvalue weighted by Crippen LogP contribution is -2.36. The summed E-state index contributed by atoms with van der Waals surface area (Å²) >= 11 is 0. The smallest absolute Gasteiger partial charge is 0.267 e. The maximum atomic E-state index is 13.4. The van der Waals surface area contributed by atoms with Crippen molar-refractivity contribution < 1.29 is 13.9 Å². The summed E-state index contributed by atoms with van der Waals surface area (Å²) < 4.78 is 19.7. The maximum Gasteiger partial charge on any atom is 0.267 e. The summed E-state index contributed by atoms with van der Waals surface area (Å²) in [5.41, 5.74) is 0.608. The highest BCUT2D eigenvalue weighted by atomic mass is 19.1. The Morgan fingerprint density at radius 2 is 2.14 bits per heavy atom. The van der Waals surface area contributed by atoms with Gasteiger partial charge in [-0.15, -0.1) is 0 Å². The monoisotopic (exact) mass is 383 g/mol. The van der Waals surface area contributed by atoms with E-state index in [4.69, 9.17) is 4.74 Å². The number of hydrogen-bond donors (Lipinski definition) is 1. The van der Waals surface area contributed by atoms with Crippen molar-refractivity contribution in [3.8, 4) is 17.0 Å². The Morgan fingerprint density at radius 3 is 2.86 bits per heavy atom. The third-order valence-electron chi connectivity index (χ3n) is 5.58. The van der Waals surface area contributed by atoms with E-state index in [0.717, 1.165) is 11.1 Å². The summed E-state index contributed by atoms with van der Waals surface area (Å²) in [5, 5.41) is 7.20. The van der Waals surface area contributed by atoms with Gasteiger partial charge in [-0.05, 0) is 48.8 Å². The molecule has 3 atom stereocenters. The maximum absolute atomic E-state index is 13.4. The normalized spacial score (nSPS) is 22.4. The third-order valence-corrected chi connectivity index (χ3v) is 5.58. The highest BCUT2D eigenvalue weighted by molar-refractivity contribution is 5.75. The highest BCUT2D eigenvalue weighted by Gasteiger charge is 2.35. The number of halogens is 1. The van der Waals surface area contributed by atoms with Gasteiger partial charge in [0.25, 0.3) is 5.56 Å². The van der Waals surface area contributed by atoms with Crippen LogP contribution in [-0.4, -0.2) is 29.3 Å². The van der Waals surface area contributed by atoms with E-state index in [1.807, 2.05) is 0 Å². The Bertz CT molecular complexity index is 985. The first-order valence-electron chi connectivity index (χ1n) is 9.40. The topological polar surface area (TPSA) is 73.2 Å². The minimum atomic E-state index is -0.427. The molecule has 6 nitrogen and oxygen atoms in total. The Morgan fingerprint density at radius 1 is 1.29 bits per heavy atom. The SMILES string of the molecule is COc1cc(F)ccc1-c1ccc(=O)n(CC(=O)NC[C@H]2C[C@H]3C=C[C@H]2C3)n1. The molecule has 2 aliphatic rings. The second kappa shape index (κ2) is 7.58. The number of carbonyl (C=O) groups is 1. The summed E-state index contributed by atoms with van der Waals surface area (Å²) in [4.78, 5) is 24.5. The number of nitrogens with one attached hydrogen (secondary N) is 1. The van der Waals surface area contributed by atoms with Crippen LogP contribution < -0.4 is 15.6 Å². The summed E-state index contributed by atoms with van der Waals surface area (Å²) in [6, 6.07) is 6.97. The average Bonchev–Trinajstić information content (AvgIpc) is 3.31. The van der Waals surface area contributed by atoms with Gasteiger partial charge >= 0.3 is 0 Å². The molecule has 2 bridgehead atoms. The van der Waals surface area contributed by atoms with Crippen LogP contribution >= 0.6 is 0 Å². The van der Waals surface area contributed by atoms with Crippen LogP contribution in [0.4, 0.5) is 4.39 Å². The zero-order valence-corrected chi connectivity index (χ0v) is 15.6. The Labute approximate surface area is 162 Å². The molecule has 1 aromatic heterocycles. The van der Waals surface area contributed by atoms with Crippen molar-refractivity contribution in [2.75, 3.05) is 13.7 Å². The first-order chi connectivity index (χ1) is 13.5. The predicted octanol–water partition coefficient (Wildman–Crippen LogP) is 2.39. The standard InChI is InChI=1S/C21H22FN3O3/c1-28-19-10-16(22)4-5-17(19)18-6-7-21(27)25(24-18)12-20(26)23-11-15-9-13-2-3-14(15)8-13/h2-7,10,13-15H,8-9,11-12H2,1H3,(H,23,26)/t13-,14-,15+/m0/s1. The van der Waals surface area contributed by atoms with Crippen LogP contribution in [0.2, 0.25) is 0 Å². The number of carbonyl (C=O) groups excluding carboxylic acids is 1. The first-order valence-corrected chi connectivity index (χ1v) is 9.40. The number of methoxy groups -OCH3 is 1. The zero-order valence-electron chi connectivity index (χ0n) is 15.6. The van der Waals surface area contributed by atoms with Crippen molar-refractivity contribution in [2.24, 2.45) is 17.8 Å². The Kier molecular flexibility index (Phi) is 4.98. The van der Waals surface area contributed by atoms with Crippen LogP contribution in [0.1, 0.15) is 12.8 Å². The van der Waals surface area contributed by atoms with Crippen molar-refractivity contribution in [3.05, 3.63) is 58.7 Å². The molecule has 1 N–H and O–H groups in total. The molecule has 1 fully saturated rings. The van der Waals surface area contributed by atoms with Gasteiger partial charge < -0.3 is 10.1 Å². The number of fused-ring (bicyclic) bond motifs is 2. The molecule has 0 unspecified atom stereocenters. The largest absolute Gasteiger partial charge is 0.496 e. The van der Waals surface area contributed by atoms with E-state index in [0.29, 0.717) is 41.3 Å². The molecule has 2 aliphatic carbocycles. The number of allylic oxidation sites excluding steroid dienone is 2. The van der Waals surface area contributed by atoms with Crippen LogP contribution in [-0.2, 0) is 11.3 Å². The molecule has 1 aromatic carbocycles. The van der Waals surface area contributed by atoms with Gasteiger partial charge in [-0.25, -0.2) is 9.07 Å². The molecule has 1 heterocycles. The van der Waals surface area contributed by atoms with Gasteiger partial charge in [-0.1, -0.05) is 12.2 Å². The van der Waals surface area contributed by atoms with E-state index in [9.17, 15) is 14.0 Å². The number of benzene rings is 1. The van der Waals surface area contributed by atoms with Crippen LogP contribution in [0.3, 0.4) is 0 Å². The van der Waals surface area contributed by atoms with Crippen molar-refractivity contribution in [1.29, 1.82) is 0 Å². The molecule has 7 heteroatoms. The van der Waals surface area contributed by atoms with Gasteiger partial charge in [0.05, 0.1) is 12.8 Å². The fourth-order valence-electron chi connectivity index (χ4n) is 4.15. The number of nitrogens with zero attached hydrogens (tertiary/aromatic N) is 2. The van der Waals surface area contributed by atoms with E-state index in [1.165, 1.54) is 43.9 Å². The van der Waals surface area contributed by atoms with E-state index in [2.05, 4.69) is 22.6 Å². The fourth-order valence-corrected chi connectivity index (χ4v) is 4.15. The van der Waals surface area contributed by atoms with Crippen molar-refractivity contribution in [3.63, 3.8) is 0 Å². The van der Waals surface area contributed by atoms with Gasteiger partial charge in [-0.3, -0.25) is 9.59 Å². The Hall–Kier alpha value is -2.96. The van der Waals surface area contributed by atoms with Crippen LogP contribution in [0, 0.1) is 23.6 Å². The fraction of sp³-hybridized carbons (Fsp3) is 0.381. The molecule has 28 heavy (non-hydrogen) atoms. The van der Waals surface area contributed by atoms with E-state index < -0.39 is 5.82 Å². The van der Waals surface area contributed by atoms with Crippen molar-refractivity contribution in [2.45, 2.75) is 19.4 Å². The predicted molar refractivity (Wildman–Crippen MR) is 102 cm³/mol. The average molecular weight is 383 g/mol. The number of amides is 1. The quantitative estimate of drug-likeness (QED) is 0.778. The minimum Gasteiger partial charge on any atom is -0.496 e. The van der Waals surface area contributed by atoms with Gasteiger partial charge in [0.1, 0.15) is 18.1 Å². The minimum absolute atomic E-state index is 0.160. The second-order valence-electron chi connectivity index (χ2n) is 7.40. The summed E-state index contributed by atoms with van der Waals surface area (Å²) in [5.74, 6) is 1.32. The number of hydrogen-bond acceptors (Lipinski definition) is 4.